The summed E-state index contributed by atoms with van der Waals surface area (Å²) < 4.78 is 5.39. The number of para-hydroxylation sites is 1. The Labute approximate surface area is 164 Å². The first kappa shape index (κ1) is 18.6. The van der Waals surface area contributed by atoms with Crippen LogP contribution in [0.4, 0.5) is 0 Å². The highest BCUT2D eigenvalue weighted by atomic mass is 16.5. The van der Waals surface area contributed by atoms with Crippen molar-refractivity contribution < 1.29 is 9.53 Å². The number of nitrogens with one attached hydrogen (secondary N) is 2. The smallest absolute Gasteiger partial charge is 0.252 e. The van der Waals surface area contributed by atoms with Crippen LogP contribution in [-0.2, 0) is 4.74 Å². The highest BCUT2D eigenvalue weighted by molar-refractivity contribution is 6.07. The molecule has 0 aliphatic carbocycles. The monoisotopic (exact) mass is 379 g/mol. The average Bonchev–Trinajstić information content (AvgIpc) is 3.27. The number of fused-ring (bicyclic) bond motifs is 1. The normalized spacial score (nSPS) is 16.2. The van der Waals surface area contributed by atoms with Gasteiger partial charge in [0.05, 0.1) is 36.2 Å². The molecule has 7 heteroatoms. The van der Waals surface area contributed by atoms with Gasteiger partial charge in [0, 0.05) is 42.8 Å². The van der Waals surface area contributed by atoms with Gasteiger partial charge < -0.3 is 10.1 Å². The minimum Gasteiger partial charge on any atom is -0.379 e. The van der Waals surface area contributed by atoms with Gasteiger partial charge in [0.1, 0.15) is 0 Å². The van der Waals surface area contributed by atoms with Crippen molar-refractivity contribution in [3.63, 3.8) is 0 Å². The molecule has 146 valence electrons. The van der Waals surface area contributed by atoms with Crippen molar-refractivity contribution in [1.82, 2.24) is 25.4 Å². The number of morpholine rings is 1. The molecule has 3 aromatic rings. The zero-order chi connectivity index (χ0) is 19.3. The number of pyridine rings is 1. The van der Waals surface area contributed by atoms with Gasteiger partial charge in [-0.15, -0.1) is 0 Å². The van der Waals surface area contributed by atoms with Gasteiger partial charge in [-0.3, -0.25) is 14.8 Å². The van der Waals surface area contributed by atoms with Gasteiger partial charge in [-0.05, 0) is 25.5 Å². The van der Waals surface area contributed by atoms with Crippen molar-refractivity contribution in [3.05, 3.63) is 48.3 Å². The molecule has 1 unspecified atom stereocenters. The number of H-pyrrole nitrogens is 1. The number of carbonyl (C=O) groups is 1. The van der Waals surface area contributed by atoms with Gasteiger partial charge >= 0.3 is 0 Å². The van der Waals surface area contributed by atoms with E-state index in [2.05, 4.69) is 32.3 Å². The summed E-state index contributed by atoms with van der Waals surface area (Å²) in [5, 5.41) is 10.8. The van der Waals surface area contributed by atoms with Crippen LogP contribution in [0.15, 0.2) is 42.7 Å². The lowest BCUT2D eigenvalue weighted by Crippen LogP contribution is -2.40. The van der Waals surface area contributed by atoms with Gasteiger partial charge in [-0.1, -0.05) is 18.2 Å². The van der Waals surface area contributed by atoms with E-state index in [4.69, 9.17) is 4.74 Å². The third-order valence-corrected chi connectivity index (χ3v) is 5.11. The van der Waals surface area contributed by atoms with E-state index < -0.39 is 0 Å². The Balaban J connectivity index is 1.51. The van der Waals surface area contributed by atoms with Crippen LogP contribution in [0, 0.1) is 0 Å². The zero-order valence-electron chi connectivity index (χ0n) is 16.0. The quantitative estimate of drug-likeness (QED) is 0.687. The van der Waals surface area contributed by atoms with Crippen LogP contribution in [-0.4, -0.2) is 64.9 Å². The molecule has 7 nitrogen and oxygen atoms in total. The maximum absolute atomic E-state index is 13.0. The fourth-order valence-electron chi connectivity index (χ4n) is 3.48. The van der Waals surface area contributed by atoms with Gasteiger partial charge in [0.2, 0.25) is 0 Å². The predicted molar refractivity (Wildman–Crippen MR) is 108 cm³/mol. The number of aromatic amines is 1. The molecule has 1 aliphatic heterocycles. The lowest BCUT2D eigenvalue weighted by molar-refractivity contribution is 0.0363. The molecule has 1 saturated heterocycles. The van der Waals surface area contributed by atoms with Crippen LogP contribution >= 0.6 is 0 Å². The summed E-state index contributed by atoms with van der Waals surface area (Å²) in [6, 6.07) is 9.66. The number of benzene rings is 1. The Morgan fingerprint density at radius 1 is 1.32 bits per heavy atom. The fraction of sp³-hybridized carbons (Fsp3) is 0.381. The van der Waals surface area contributed by atoms with Gasteiger partial charge in [-0.2, -0.15) is 5.10 Å². The average molecular weight is 379 g/mol. The molecule has 0 spiro atoms. The molecule has 1 fully saturated rings. The Morgan fingerprint density at radius 3 is 2.93 bits per heavy atom. The van der Waals surface area contributed by atoms with E-state index in [9.17, 15) is 4.79 Å². The second kappa shape index (κ2) is 8.50. The molecule has 0 saturated carbocycles. The van der Waals surface area contributed by atoms with E-state index in [1.807, 2.05) is 30.3 Å². The molecular formula is C21H25N5O2. The van der Waals surface area contributed by atoms with Crippen LogP contribution in [0.1, 0.15) is 23.7 Å². The number of aromatic nitrogens is 3. The summed E-state index contributed by atoms with van der Waals surface area (Å²) in [5.41, 5.74) is 3.03. The summed E-state index contributed by atoms with van der Waals surface area (Å²) >= 11 is 0. The first-order valence-corrected chi connectivity index (χ1v) is 9.70. The Kier molecular flexibility index (Phi) is 5.64. The van der Waals surface area contributed by atoms with Crippen LogP contribution < -0.4 is 5.32 Å². The number of hydrogen-bond acceptors (Lipinski definition) is 5. The second-order valence-electron chi connectivity index (χ2n) is 7.18. The van der Waals surface area contributed by atoms with Crippen molar-refractivity contribution in [2.24, 2.45) is 0 Å². The van der Waals surface area contributed by atoms with Crippen molar-refractivity contribution >= 4 is 16.8 Å². The first-order chi connectivity index (χ1) is 13.7. The highest BCUT2D eigenvalue weighted by Gasteiger charge is 2.17. The SMILES string of the molecule is CC(CCN1CCOCC1)NC(=O)c1cc(-c2cn[nH]c2)nc2ccccc12. The fourth-order valence-corrected chi connectivity index (χ4v) is 3.48. The summed E-state index contributed by atoms with van der Waals surface area (Å²) in [7, 11) is 0. The van der Waals surface area contributed by atoms with E-state index in [1.54, 1.807) is 12.4 Å². The summed E-state index contributed by atoms with van der Waals surface area (Å²) in [6.45, 7) is 6.52. The molecule has 0 bridgehead atoms. The van der Waals surface area contributed by atoms with Crippen molar-refractivity contribution in [1.29, 1.82) is 0 Å². The van der Waals surface area contributed by atoms with Crippen molar-refractivity contribution in [3.8, 4) is 11.3 Å². The van der Waals surface area contributed by atoms with E-state index in [0.717, 1.165) is 61.4 Å². The topological polar surface area (TPSA) is 83.1 Å². The maximum atomic E-state index is 13.0. The van der Waals surface area contributed by atoms with Gasteiger partial charge in [0.15, 0.2) is 0 Å². The summed E-state index contributed by atoms with van der Waals surface area (Å²) in [6.07, 6.45) is 4.40. The standard InChI is InChI=1S/C21H25N5O2/c1-15(6-7-26-8-10-28-11-9-26)24-21(27)18-12-20(16-13-22-23-14-16)25-19-5-3-2-4-17(18)19/h2-5,12-15H,6-11H2,1H3,(H,22,23)(H,24,27). The molecule has 1 amide bonds. The number of ether oxygens (including phenoxy) is 1. The minimum absolute atomic E-state index is 0.0715. The molecule has 3 heterocycles. The first-order valence-electron chi connectivity index (χ1n) is 9.70. The number of rotatable bonds is 6. The molecule has 2 aromatic heterocycles. The lowest BCUT2D eigenvalue weighted by atomic mass is 10.0. The summed E-state index contributed by atoms with van der Waals surface area (Å²) in [4.78, 5) is 20.1. The van der Waals surface area contributed by atoms with Crippen LogP contribution in [0.3, 0.4) is 0 Å². The van der Waals surface area contributed by atoms with Crippen LogP contribution in [0.2, 0.25) is 0 Å². The van der Waals surface area contributed by atoms with E-state index in [-0.39, 0.29) is 11.9 Å². The largest absolute Gasteiger partial charge is 0.379 e. The highest BCUT2D eigenvalue weighted by Crippen LogP contribution is 2.24. The number of amides is 1. The third-order valence-electron chi connectivity index (χ3n) is 5.11. The number of hydrogen-bond donors (Lipinski definition) is 2. The van der Waals surface area contributed by atoms with E-state index in [1.165, 1.54) is 0 Å². The van der Waals surface area contributed by atoms with Crippen LogP contribution in [0.25, 0.3) is 22.2 Å². The second-order valence-corrected chi connectivity index (χ2v) is 7.18. The molecule has 28 heavy (non-hydrogen) atoms. The van der Waals surface area contributed by atoms with E-state index >= 15 is 0 Å². The molecule has 1 aromatic carbocycles. The van der Waals surface area contributed by atoms with Gasteiger partial charge in [-0.25, -0.2) is 4.98 Å². The van der Waals surface area contributed by atoms with Crippen molar-refractivity contribution in [2.75, 3.05) is 32.8 Å². The number of carbonyl (C=O) groups excluding carboxylic acids is 1. The summed E-state index contributed by atoms with van der Waals surface area (Å²) in [5.74, 6) is -0.0715. The molecule has 1 aliphatic rings. The molecule has 0 radical (unpaired) electrons. The predicted octanol–water partition coefficient (Wildman–Crippen LogP) is 2.47. The minimum atomic E-state index is -0.0715. The van der Waals surface area contributed by atoms with E-state index in [0.29, 0.717) is 5.56 Å². The Morgan fingerprint density at radius 2 is 2.14 bits per heavy atom. The van der Waals surface area contributed by atoms with Gasteiger partial charge in [0.25, 0.3) is 5.91 Å². The maximum Gasteiger partial charge on any atom is 0.252 e. The Bertz CT molecular complexity index is 935. The third kappa shape index (κ3) is 4.21. The zero-order valence-corrected chi connectivity index (χ0v) is 16.0. The molecule has 1 atom stereocenters. The number of nitrogens with zero attached hydrogens (tertiary/aromatic N) is 3. The lowest BCUT2D eigenvalue weighted by Gasteiger charge is -2.27. The van der Waals surface area contributed by atoms with Crippen molar-refractivity contribution in [2.45, 2.75) is 19.4 Å². The Hall–Kier alpha value is -2.77. The molecule has 4 rings (SSSR count). The van der Waals surface area contributed by atoms with Crippen LogP contribution in [0.5, 0.6) is 0 Å². The molecule has 2 N–H and O–H groups in total. The molecular weight excluding hydrogens is 354 g/mol.